The molecule has 132 valence electrons. The number of hydrogen-bond donors (Lipinski definition) is 0. The van der Waals surface area contributed by atoms with Crippen LogP contribution in [0.15, 0.2) is 85.2 Å². The fourth-order valence-corrected chi connectivity index (χ4v) is 1.80. The first kappa shape index (κ1) is 22.1. The Hall–Kier alpha value is -2.87. The predicted octanol–water partition coefficient (Wildman–Crippen LogP) is 6.06. The standard InChI is InChI=1S/C14H14.C8H12O.CH2O/c1-11-3-7-13(8-4-11)14-9-5-12(2)6-10-14;1-7(2)5-6-8(3)9-4;1-2/h3-10H,1-2H3;5-6H,1,3H2,2,4H3;1H2/b;6-5-;. The number of hydrogen-bond acceptors (Lipinski definition) is 2. The molecule has 0 bridgehead atoms. The number of benzene rings is 2. The maximum absolute atomic E-state index is 8.00. The molecule has 0 saturated carbocycles. The summed E-state index contributed by atoms with van der Waals surface area (Å²) in [4.78, 5) is 8.00. The van der Waals surface area contributed by atoms with Gasteiger partial charge in [-0.2, -0.15) is 0 Å². The Morgan fingerprint density at radius 1 is 0.800 bits per heavy atom. The van der Waals surface area contributed by atoms with Crippen molar-refractivity contribution in [2.75, 3.05) is 7.11 Å². The molecule has 2 rings (SSSR count). The summed E-state index contributed by atoms with van der Waals surface area (Å²) in [6, 6.07) is 17.3. The Balaban J connectivity index is 0.000000458. The quantitative estimate of drug-likeness (QED) is 0.501. The van der Waals surface area contributed by atoms with E-state index in [0.717, 1.165) is 5.57 Å². The van der Waals surface area contributed by atoms with Crippen LogP contribution in [0.2, 0.25) is 0 Å². The zero-order valence-electron chi connectivity index (χ0n) is 15.7. The van der Waals surface area contributed by atoms with Crippen molar-refractivity contribution in [3.8, 4) is 11.1 Å². The van der Waals surface area contributed by atoms with E-state index in [0.29, 0.717) is 5.76 Å². The van der Waals surface area contributed by atoms with Gasteiger partial charge in [-0.05, 0) is 38.0 Å². The number of allylic oxidation sites excluding steroid dienone is 3. The van der Waals surface area contributed by atoms with Crippen LogP contribution in [0.3, 0.4) is 0 Å². The summed E-state index contributed by atoms with van der Waals surface area (Å²) < 4.78 is 4.78. The summed E-state index contributed by atoms with van der Waals surface area (Å²) in [6.45, 7) is 15.4. The molecule has 2 aromatic rings. The molecule has 0 radical (unpaired) electrons. The van der Waals surface area contributed by atoms with Gasteiger partial charge >= 0.3 is 0 Å². The second-order valence-electron chi connectivity index (χ2n) is 5.58. The number of rotatable bonds is 4. The van der Waals surface area contributed by atoms with Gasteiger partial charge in [0.05, 0.1) is 7.11 Å². The maximum Gasteiger partial charge on any atom is 0.111 e. The van der Waals surface area contributed by atoms with Crippen molar-refractivity contribution < 1.29 is 9.53 Å². The van der Waals surface area contributed by atoms with Crippen molar-refractivity contribution in [3.05, 3.63) is 96.3 Å². The van der Waals surface area contributed by atoms with Crippen molar-refractivity contribution in [1.29, 1.82) is 0 Å². The highest BCUT2D eigenvalue weighted by Gasteiger charge is 1.95. The third-order valence-electron chi connectivity index (χ3n) is 3.25. The van der Waals surface area contributed by atoms with Crippen LogP contribution in [0, 0.1) is 13.8 Å². The summed E-state index contributed by atoms with van der Waals surface area (Å²) >= 11 is 0. The minimum absolute atomic E-state index is 0.651. The van der Waals surface area contributed by atoms with E-state index in [1.165, 1.54) is 22.3 Å². The average molecular weight is 336 g/mol. The molecule has 0 spiro atoms. The predicted molar refractivity (Wildman–Crippen MR) is 109 cm³/mol. The Morgan fingerprint density at radius 3 is 1.44 bits per heavy atom. The second-order valence-corrected chi connectivity index (χ2v) is 5.58. The third kappa shape index (κ3) is 9.77. The van der Waals surface area contributed by atoms with Gasteiger partial charge in [-0.25, -0.2) is 0 Å². The van der Waals surface area contributed by atoms with Gasteiger partial charge in [-0.1, -0.05) is 84.5 Å². The minimum atomic E-state index is 0.651. The van der Waals surface area contributed by atoms with Crippen LogP contribution < -0.4 is 0 Å². The van der Waals surface area contributed by atoms with Crippen LogP contribution in [0.1, 0.15) is 18.1 Å². The number of carbonyl (C=O) groups is 1. The minimum Gasteiger partial charge on any atom is -0.497 e. The molecular formula is C23H28O2. The Kier molecular flexibility index (Phi) is 11.1. The van der Waals surface area contributed by atoms with Gasteiger partial charge < -0.3 is 9.53 Å². The number of aryl methyl sites for hydroxylation is 2. The molecule has 0 aliphatic carbocycles. The van der Waals surface area contributed by atoms with Gasteiger partial charge in [0.1, 0.15) is 12.5 Å². The highest BCUT2D eigenvalue weighted by atomic mass is 16.5. The molecule has 25 heavy (non-hydrogen) atoms. The van der Waals surface area contributed by atoms with Gasteiger partial charge in [0, 0.05) is 0 Å². The zero-order chi connectivity index (χ0) is 19.2. The fourth-order valence-electron chi connectivity index (χ4n) is 1.80. The van der Waals surface area contributed by atoms with E-state index in [2.05, 4.69) is 75.5 Å². The molecule has 0 unspecified atom stereocenters. The summed E-state index contributed by atoms with van der Waals surface area (Å²) in [5.41, 5.74) is 6.18. The van der Waals surface area contributed by atoms with E-state index < -0.39 is 0 Å². The van der Waals surface area contributed by atoms with Crippen LogP contribution in [-0.4, -0.2) is 13.9 Å². The van der Waals surface area contributed by atoms with E-state index in [-0.39, 0.29) is 0 Å². The fraction of sp³-hybridized carbons (Fsp3) is 0.174. The topological polar surface area (TPSA) is 26.3 Å². The molecule has 0 atom stereocenters. The van der Waals surface area contributed by atoms with Crippen molar-refractivity contribution in [2.24, 2.45) is 0 Å². The highest BCUT2D eigenvalue weighted by molar-refractivity contribution is 5.63. The van der Waals surface area contributed by atoms with Crippen molar-refractivity contribution >= 4 is 6.79 Å². The SMILES string of the molecule is C=C(C)/C=C\C(=C)OC.C=O.Cc1ccc(-c2ccc(C)cc2)cc1. The van der Waals surface area contributed by atoms with Gasteiger partial charge in [-0.15, -0.1) is 0 Å². The monoisotopic (exact) mass is 336 g/mol. The van der Waals surface area contributed by atoms with Crippen LogP contribution in [0.25, 0.3) is 11.1 Å². The summed E-state index contributed by atoms with van der Waals surface area (Å²) in [7, 11) is 1.59. The Morgan fingerprint density at radius 2 is 1.16 bits per heavy atom. The van der Waals surface area contributed by atoms with Crippen LogP contribution >= 0.6 is 0 Å². The van der Waals surface area contributed by atoms with Crippen molar-refractivity contribution in [3.63, 3.8) is 0 Å². The molecule has 2 nitrogen and oxygen atoms in total. The molecule has 0 saturated heterocycles. The summed E-state index contributed by atoms with van der Waals surface area (Å²) in [6.07, 6.45) is 3.63. The van der Waals surface area contributed by atoms with Gasteiger partial charge in [0.25, 0.3) is 0 Å². The maximum atomic E-state index is 8.00. The van der Waals surface area contributed by atoms with E-state index >= 15 is 0 Å². The average Bonchev–Trinajstić information content (AvgIpc) is 2.63. The normalized spacial score (nSPS) is 9.28. The first-order valence-electron chi connectivity index (χ1n) is 7.91. The van der Waals surface area contributed by atoms with Crippen molar-refractivity contribution in [2.45, 2.75) is 20.8 Å². The smallest absolute Gasteiger partial charge is 0.111 e. The largest absolute Gasteiger partial charge is 0.497 e. The third-order valence-corrected chi connectivity index (χ3v) is 3.25. The van der Waals surface area contributed by atoms with Crippen molar-refractivity contribution in [1.82, 2.24) is 0 Å². The molecule has 0 amide bonds. The second kappa shape index (κ2) is 12.5. The molecule has 0 heterocycles. The number of ether oxygens (including phenoxy) is 1. The lowest BCUT2D eigenvalue weighted by atomic mass is 10.0. The van der Waals surface area contributed by atoms with Crippen LogP contribution in [0.4, 0.5) is 0 Å². The molecular weight excluding hydrogens is 308 g/mol. The van der Waals surface area contributed by atoms with Crippen LogP contribution in [-0.2, 0) is 9.53 Å². The molecule has 0 fully saturated rings. The Labute approximate surface area is 152 Å². The zero-order valence-corrected chi connectivity index (χ0v) is 15.7. The van der Waals surface area contributed by atoms with E-state index in [9.17, 15) is 0 Å². The van der Waals surface area contributed by atoms with Crippen LogP contribution in [0.5, 0.6) is 0 Å². The van der Waals surface area contributed by atoms with Gasteiger partial charge in [-0.3, -0.25) is 0 Å². The molecule has 0 N–H and O–H groups in total. The lowest BCUT2D eigenvalue weighted by Gasteiger charge is -2.02. The summed E-state index contributed by atoms with van der Waals surface area (Å²) in [5.74, 6) is 0.651. The number of carbonyl (C=O) groups excluding carboxylic acids is 1. The molecule has 2 aromatic carbocycles. The van der Waals surface area contributed by atoms with Gasteiger partial charge in [0.2, 0.25) is 0 Å². The first-order valence-corrected chi connectivity index (χ1v) is 7.91. The Bertz CT molecular complexity index is 634. The van der Waals surface area contributed by atoms with E-state index in [1.54, 1.807) is 13.2 Å². The lowest BCUT2D eigenvalue weighted by molar-refractivity contribution is -0.0979. The van der Waals surface area contributed by atoms with E-state index in [1.807, 2.05) is 19.8 Å². The summed E-state index contributed by atoms with van der Waals surface area (Å²) in [5, 5.41) is 0. The molecule has 0 aliphatic rings. The highest BCUT2D eigenvalue weighted by Crippen LogP contribution is 2.19. The molecule has 2 heteroatoms. The van der Waals surface area contributed by atoms with E-state index in [4.69, 9.17) is 9.53 Å². The molecule has 0 aromatic heterocycles. The lowest BCUT2D eigenvalue weighted by Crippen LogP contribution is -1.78. The molecule has 0 aliphatic heterocycles. The van der Waals surface area contributed by atoms with Gasteiger partial charge in [0.15, 0.2) is 0 Å². The number of methoxy groups -OCH3 is 1. The first-order chi connectivity index (χ1) is 11.9.